The molecule has 0 aromatic carbocycles. The number of nitrogens with two attached hydrogens (primary N) is 1. The summed E-state index contributed by atoms with van der Waals surface area (Å²) in [4.78, 5) is 10.6. The van der Waals surface area contributed by atoms with E-state index in [2.05, 4.69) is 4.74 Å². The molecule has 0 aliphatic heterocycles. The topological polar surface area (TPSA) is 52.3 Å². The summed E-state index contributed by atoms with van der Waals surface area (Å²) in [5, 5.41) is 0. The molecule has 11 heavy (non-hydrogen) atoms. The van der Waals surface area contributed by atoms with Crippen LogP contribution in [0.4, 0.5) is 8.78 Å². The van der Waals surface area contributed by atoms with Gasteiger partial charge in [0.05, 0.1) is 6.61 Å². The molecule has 0 unspecified atom stereocenters. The average Bonchev–Trinajstić information content (AvgIpc) is 1.86. The Hall–Kier alpha value is -0.710. The normalized spacial score (nSPS) is 13.2. The Morgan fingerprint density at radius 3 is 2.55 bits per heavy atom. The molecule has 3 nitrogen and oxygen atoms in total. The molecular weight excluding hydrogens is 156 g/mol. The van der Waals surface area contributed by atoms with Crippen LogP contribution in [0.1, 0.15) is 13.3 Å². The Morgan fingerprint density at radius 1 is 1.64 bits per heavy atom. The van der Waals surface area contributed by atoms with E-state index in [9.17, 15) is 13.6 Å². The summed E-state index contributed by atoms with van der Waals surface area (Å²) in [6.45, 7) is 1.75. The predicted octanol–water partition coefficient (Wildman–Crippen LogP) is 0.532. The van der Waals surface area contributed by atoms with Crippen LogP contribution in [0.25, 0.3) is 0 Å². The van der Waals surface area contributed by atoms with Gasteiger partial charge in [-0.05, 0) is 6.92 Å². The molecule has 0 saturated carbocycles. The predicted molar refractivity (Wildman–Crippen MR) is 35.2 cm³/mol. The molecule has 0 radical (unpaired) electrons. The van der Waals surface area contributed by atoms with Crippen LogP contribution in [0.3, 0.4) is 0 Å². The second-order valence-electron chi connectivity index (χ2n) is 1.99. The fourth-order valence-electron chi connectivity index (χ4n) is 0.537. The van der Waals surface area contributed by atoms with E-state index in [1.54, 1.807) is 6.92 Å². The molecule has 0 aromatic heterocycles. The SMILES string of the molecule is CCOC(=O)[C@@H](N)CC(F)F. The molecule has 0 aromatic rings. The number of esters is 1. The van der Waals surface area contributed by atoms with Gasteiger partial charge in [0.2, 0.25) is 6.43 Å². The molecule has 5 heteroatoms. The molecule has 0 fully saturated rings. The Morgan fingerprint density at radius 2 is 2.18 bits per heavy atom. The second kappa shape index (κ2) is 5.01. The maximum Gasteiger partial charge on any atom is 0.323 e. The standard InChI is InChI=1S/C6H11F2NO2/c1-2-11-6(10)4(9)3-5(7)8/h4-5H,2-3,9H2,1H3/t4-/m0/s1. The smallest absolute Gasteiger partial charge is 0.323 e. The number of halogens is 2. The van der Waals surface area contributed by atoms with E-state index >= 15 is 0 Å². The molecule has 0 saturated heterocycles. The lowest BCUT2D eigenvalue weighted by Gasteiger charge is -2.08. The average molecular weight is 167 g/mol. The molecule has 0 bridgehead atoms. The number of hydrogen-bond acceptors (Lipinski definition) is 3. The van der Waals surface area contributed by atoms with E-state index in [0.29, 0.717) is 0 Å². The summed E-state index contributed by atoms with van der Waals surface area (Å²) in [6, 6.07) is -1.20. The summed E-state index contributed by atoms with van der Waals surface area (Å²) in [7, 11) is 0. The van der Waals surface area contributed by atoms with Gasteiger partial charge in [-0.25, -0.2) is 8.78 Å². The lowest BCUT2D eigenvalue weighted by atomic mass is 10.2. The molecule has 1 atom stereocenters. The van der Waals surface area contributed by atoms with Crippen molar-refractivity contribution in [2.75, 3.05) is 6.61 Å². The number of carbonyl (C=O) groups is 1. The first-order valence-corrected chi connectivity index (χ1v) is 3.28. The van der Waals surface area contributed by atoms with Crippen molar-refractivity contribution in [3.05, 3.63) is 0 Å². The Balaban J connectivity index is 3.64. The largest absolute Gasteiger partial charge is 0.465 e. The fourth-order valence-corrected chi connectivity index (χ4v) is 0.537. The van der Waals surface area contributed by atoms with Crippen molar-refractivity contribution in [3.8, 4) is 0 Å². The van der Waals surface area contributed by atoms with Gasteiger partial charge in [-0.1, -0.05) is 0 Å². The monoisotopic (exact) mass is 167 g/mol. The van der Waals surface area contributed by atoms with Crippen LogP contribution in [-0.2, 0) is 9.53 Å². The number of carbonyl (C=O) groups excluding carboxylic acids is 1. The lowest BCUT2D eigenvalue weighted by molar-refractivity contribution is -0.145. The van der Waals surface area contributed by atoms with E-state index in [-0.39, 0.29) is 6.61 Å². The van der Waals surface area contributed by atoms with Crippen LogP contribution in [0, 0.1) is 0 Å². The van der Waals surface area contributed by atoms with Crippen LogP contribution in [0.15, 0.2) is 0 Å². The number of alkyl halides is 2. The fraction of sp³-hybridized carbons (Fsp3) is 0.833. The van der Waals surface area contributed by atoms with Crippen molar-refractivity contribution in [1.82, 2.24) is 0 Å². The lowest BCUT2D eigenvalue weighted by Crippen LogP contribution is -2.34. The van der Waals surface area contributed by atoms with Gasteiger partial charge >= 0.3 is 5.97 Å². The minimum Gasteiger partial charge on any atom is -0.465 e. The molecule has 66 valence electrons. The molecule has 0 heterocycles. The van der Waals surface area contributed by atoms with Crippen molar-refractivity contribution >= 4 is 5.97 Å². The van der Waals surface area contributed by atoms with Gasteiger partial charge in [0.1, 0.15) is 6.04 Å². The van der Waals surface area contributed by atoms with Crippen LogP contribution >= 0.6 is 0 Å². The third kappa shape index (κ3) is 4.66. The molecule has 0 amide bonds. The van der Waals surface area contributed by atoms with Crippen LogP contribution in [-0.4, -0.2) is 25.0 Å². The van der Waals surface area contributed by atoms with Gasteiger partial charge in [-0.15, -0.1) is 0 Å². The quantitative estimate of drug-likeness (QED) is 0.621. The molecular formula is C6H11F2NO2. The highest BCUT2D eigenvalue weighted by atomic mass is 19.3. The highest BCUT2D eigenvalue weighted by molar-refractivity contribution is 5.75. The van der Waals surface area contributed by atoms with Crippen molar-refractivity contribution < 1.29 is 18.3 Å². The van der Waals surface area contributed by atoms with Gasteiger partial charge in [0, 0.05) is 6.42 Å². The molecule has 0 rings (SSSR count). The molecule has 0 aliphatic carbocycles. The Kier molecular flexibility index (Phi) is 4.69. The van der Waals surface area contributed by atoms with Crippen molar-refractivity contribution in [2.45, 2.75) is 25.8 Å². The molecule has 0 aliphatic rings. The number of ether oxygens (including phenoxy) is 1. The summed E-state index contributed by atoms with van der Waals surface area (Å²) in [6.07, 6.45) is -3.20. The van der Waals surface area contributed by atoms with E-state index in [1.165, 1.54) is 0 Å². The van der Waals surface area contributed by atoms with Gasteiger partial charge in [-0.2, -0.15) is 0 Å². The summed E-state index contributed by atoms with van der Waals surface area (Å²) >= 11 is 0. The zero-order valence-corrected chi connectivity index (χ0v) is 6.22. The number of rotatable bonds is 4. The zero-order chi connectivity index (χ0) is 8.85. The second-order valence-corrected chi connectivity index (χ2v) is 1.99. The van der Waals surface area contributed by atoms with E-state index in [0.717, 1.165) is 0 Å². The Bertz CT molecular complexity index is 130. The van der Waals surface area contributed by atoms with Gasteiger partial charge in [0.25, 0.3) is 0 Å². The highest BCUT2D eigenvalue weighted by Crippen LogP contribution is 2.02. The van der Waals surface area contributed by atoms with Crippen LogP contribution < -0.4 is 5.73 Å². The van der Waals surface area contributed by atoms with Crippen molar-refractivity contribution in [2.24, 2.45) is 5.73 Å². The van der Waals surface area contributed by atoms with Crippen molar-refractivity contribution in [1.29, 1.82) is 0 Å². The van der Waals surface area contributed by atoms with E-state index < -0.39 is 24.9 Å². The van der Waals surface area contributed by atoms with Gasteiger partial charge in [0.15, 0.2) is 0 Å². The first kappa shape index (κ1) is 10.3. The summed E-state index contributed by atoms with van der Waals surface area (Å²) in [5.74, 6) is -0.771. The first-order chi connectivity index (χ1) is 5.07. The van der Waals surface area contributed by atoms with Crippen LogP contribution in [0.2, 0.25) is 0 Å². The minimum atomic E-state index is -2.56. The van der Waals surface area contributed by atoms with Crippen molar-refractivity contribution in [3.63, 3.8) is 0 Å². The molecule has 2 N–H and O–H groups in total. The summed E-state index contributed by atoms with van der Waals surface area (Å²) < 4.78 is 27.6. The number of hydrogen-bond donors (Lipinski definition) is 1. The molecule has 0 spiro atoms. The highest BCUT2D eigenvalue weighted by Gasteiger charge is 2.18. The van der Waals surface area contributed by atoms with E-state index in [4.69, 9.17) is 5.73 Å². The minimum absolute atomic E-state index is 0.162. The van der Waals surface area contributed by atoms with Crippen LogP contribution in [0.5, 0.6) is 0 Å². The maximum absolute atomic E-state index is 11.6. The maximum atomic E-state index is 11.6. The zero-order valence-electron chi connectivity index (χ0n) is 6.22. The van der Waals surface area contributed by atoms with Gasteiger partial charge in [-0.3, -0.25) is 4.79 Å². The first-order valence-electron chi connectivity index (χ1n) is 3.28. The third-order valence-electron chi connectivity index (χ3n) is 1.02. The van der Waals surface area contributed by atoms with Gasteiger partial charge < -0.3 is 10.5 Å². The van der Waals surface area contributed by atoms with E-state index in [1.807, 2.05) is 0 Å². The summed E-state index contributed by atoms with van der Waals surface area (Å²) in [5.41, 5.74) is 5.05. The third-order valence-corrected chi connectivity index (χ3v) is 1.02. The Labute approximate surface area is 63.5 Å².